The molecule has 0 saturated heterocycles. The second-order valence-electron chi connectivity index (χ2n) is 5.00. The molecule has 6 heteroatoms. The van der Waals surface area contributed by atoms with Crippen molar-refractivity contribution in [2.24, 2.45) is 5.10 Å². The number of amides is 1. The number of hydrogen-bond acceptors (Lipinski definition) is 4. The minimum absolute atomic E-state index is 0.162. The van der Waals surface area contributed by atoms with Crippen LogP contribution in [0, 0.1) is 0 Å². The summed E-state index contributed by atoms with van der Waals surface area (Å²) in [5.74, 6) is 0.543. The SMILES string of the molecule is COc1ccc(Br)cc1/C=N\NC(=O)c1cc2c(s1)CCC2. The second kappa shape index (κ2) is 6.62. The molecule has 0 spiro atoms. The molecule has 0 radical (unpaired) electrons. The fraction of sp³-hybridized carbons (Fsp3) is 0.250. The van der Waals surface area contributed by atoms with Crippen LogP contribution in [0.5, 0.6) is 5.75 Å². The van der Waals surface area contributed by atoms with Crippen molar-refractivity contribution in [1.82, 2.24) is 5.43 Å². The highest BCUT2D eigenvalue weighted by molar-refractivity contribution is 9.10. The summed E-state index contributed by atoms with van der Waals surface area (Å²) in [6.07, 6.45) is 4.95. The first-order valence-corrected chi connectivity index (χ1v) is 8.57. The quantitative estimate of drug-likeness (QED) is 0.650. The molecule has 0 bridgehead atoms. The van der Waals surface area contributed by atoms with Crippen LogP contribution in [0.25, 0.3) is 0 Å². The first-order valence-electron chi connectivity index (χ1n) is 6.96. The zero-order valence-corrected chi connectivity index (χ0v) is 14.5. The van der Waals surface area contributed by atoms with E-state index in [-0.39, 0.29) is 5.91 Å². The molecule has 4 nitrogen and oxygen atoms in total. The number of aryl methyl sites for hydroxylation is 2. The Morgan fingerprint density at radius 1 is 1.41 bits per heavy atom. The molecule has 1 N–H and O–H groups in total. The van der Waals surface area contributed by atoms with Gasteiger partial charge in [0, 0.05) is 14.9 Å². The maximum absolute atomic E-state index is 12.1. The first-order chi connectivity index (χ1) is 10.7. The van der Waals surface area contributed by atoms with Gasteiger partial charge in [-0.2, -0.15) is 5.10 Å². The summed E-state index contributed by atoms with van der Waals surface area (Å²) in [5, 5.41) is 4.03. The van der Waals surface area contributed by atoms with Gasteiger partial charge in [-0.3, -0.25) is 4.79 Å². The predicted molar refractivity (Wildman–Crippen MR) is 92.1 cm³/mol. The van der Waals surface area contributed by atoms with Crippen LogP contribution in [0.2, 0.25) is 0 Å². The molecule has 2 aromatic rings. The van der Waals surface area contributed by atoms with Crippen LogP contribution in [-0.2, 0) is 12.8 Å². The van der Waals surface area contributed by atoms with Crippen molar-refractivity contribution >= 4 is 39.4 Å². The summed E-state index contributed by atoms with van der Waals surface area (Å²) in [6.45, 7) is 0. The van der Waals surface area contributed by atoms with Crippen molar-refractivity contribution in [3.05, 3.63) is 49.6 Å². The topological polar surface area (TPSA) is 50.7 Å². The van der Waals surface area contributed by atoms with Crippen LogP contribution >= 0.6 is 27.3 Å². The Hall–Kier alpha value is -1.66. The number of fused-ring (bicyclic) bond motifs is 1. The van der Waals surface area contributed by atoms with Crippen LogP contribution in [0.15, 0.2) is 33.8 Å². The third-order valence-corrected chi connectivity index (χ3v) is 5.26. The summed E-state index contributed by atoms with van der Waals surface area (Å²) in [7, 11) is 1.60. The molecule has 0 aliphatic heterocycles. The lowest BCUT2D eigenvalue weighted by molar-refractivity contribution is 0.0959. The van der Waals surface area contributed by atoms with E-state index in [0.29, 0.717) is 5.75 Å². The fourth-order valence-corrected chi connectivity index (χ4v) is 3.98. The molecular weight excluding hydrogens is 364 g/mol. The Balaban J connectivity index is 1.68. The van der Waals surface area contributed by atoms with E-state index in [4.69, 9.17) is 4.74 Å². The van der Waals surface area contributed by atoms with Gasteiger partial charge in [-0.25, -0.2) is 5.43 Å². The third-order valence-electron chi connectivity index (χ3n) is 3.53. The highest BCUT2D eigenvalue weighted by Crippen LogP contribution is 2.30. The van der Waals surface area contributed by atoms with E-state index in [1.54, 1.807) is 24.7 Å². The molecule has 1 aromatic carbocycles. The van der Waals surface area contributed by atoms with E-state index in [1.807, 2.05) is 24.3 Å². The smallest absolute Gasteiger partial charge is 0.281 e. The van der Waals surface area contributed by atoms with Crippen LogP contribution in [-0.4, -0.2) is 19.2 Å². The van der Waals surface area contributed by atoms with E-state index < -0.39 is 0 Å². The molecule has 1 aliphatic rings. The normalized spacial score (nSPS) is 13.4. The first kappa shape index (κ1) is 15.2. The Morgan fingerprint density at radius 3 is 3.05 bits per heavy atom. The predicted octanol–water partition coefficient (Wildman–Crippen LogP) is 3.77. The van der Waals surface area contributed by atoms with Crippen molar-refractivity contribution < 1.29 is 9.53 Å². The Kier molecular flexibility index (Phi) is 4.59. The van der Waals surface area contributed by atoms with Crippen molar-refractivity contribution in [1.29, 1.82) is 0 Å². The largest absolute Gasteiger partial charge is 0.496 e. The lowest BCUT2D eigenvalue weighted by Gasteiger charge is -2.04. The molecule has 1 amide bonds. The average molecular weight is 379 g/mol. The van der Waals surface area contributed by atoms with Gasteiger partial charge in [0.2, 0.25) is 0 Å². The van der Waals surface area contributed by atoms with Crippen LogP contribution in [0.3, 0.4) is 0 Å². The van der Waals surface area contributed by atoms with Gasteiger partial charge >= 0.3 is 0 Å². The third kappa shape index (κ3) is 3.23. The van der Waals surface area contributed by atoms with E-state index in [2.05, 4.69) is 26.5 Å². The maximum atomic E-state index is 12.1. The second-order valence-corrected chi connectivity index (χ2v) is 7.05. The zero-order valence-electron chi connectivity index (χ0n) is 12.1. The number of thiophene rings is 1. The van der Waals surface area contributed by atoms with E-state index in [0.717, 1.165) is 27.8 Å². The molecule has 3 rings (SSSR count). The van der Waals surface area contributed by atoms with Gasteiger partial charge < -0.3 is 4.74 Å². The maximum Gasteiger partial charge on any atom is 0.281 e. The van der Waals surface area contributed by atoms with Crippen molar-refractivity contribution in [3.63, 3.8) is 0 Å². The van der Waals surface area contributed by atoms with Gasteiger partial charge in [-0.15, -0.1) is 11.3 Å². The van der Waals surface area contributed by atoms with Gasteiger partial charge in [0.25, 0.3) is 5.91 Å². The minimum Gasteiger partial charge on any atom is -0.496 e. The molecule has 1 aromatic heterocycles. The summed E-state index contributed by atoms with van der Waals surface area (Å²) in [5.41, 5.74) is 4.69. The van der Waals surface area contributed by atoms with Crippen molar-refractivity contribution in [2.75, 3.05) is 7.11 Å². The van der Waals surface area contributed by atoms with Gasteiger partial charge in [0.05, 0.1) is 18.2 Å². The number of hydrogen-bond donors (Lipinski definition) is 1. The number of rotatable bonds is 4. The van der Waals surface area contributed by atoms with Crippen LogP contribution in [0.4, 0.5) is 0 Å². The number of carbonyl (C=O) groups is 1. The number of methoxy groups -OCH3 is 1. The lowest BCUT2D eigenvalue weighted by atomic mass is 10.2. The number of benzene rings is 1. The number of halogens is 1. The summed E-state index contributed by atoms with van der Waals surface area (Å²) < 4.78 is 6.19. The number of nitrogens with one attached hydrogen (secondary N) is 1. The molecule has 0 fully saturated rings. The Labute approximate surface area is 141 Å². The molecule has 114 valence electrons. The minimum atomic E-state index is -0.162. The molecule has 0 atom stereocenters. The summed E-state index contributed by atoms with van der Waals surface area (Å²) in [6, 6.07) is 7.60. The zero-order chi connectivity index (χ0) is 15.5. The van der Waals surface area contributed by atoms with Gasteiger partial charge in [0.1, 0.15) is 5.75 Å². The standard InChI is InChI=1S/C16H15BrN2O2S/c1-21-13-6-5-12(17)7-11(13)9-18-19-16(20)15-8-10-3-2-4-14(10)22-15/h5-9H,2-4H2,1H3,(H,19,20)/b18-9-. The molecule has 1 aliphatic carbocycles. The van der Waals surface area contributed by atoms with Gasteiger partial charge in [-0.05, 0) is 49.1 Å². The average Bonchev–Trinajstić information content (AvgIpc) is 3.08. The highest BCUT2D eigenvalue weighted by Gasteiger charge is 2.18. The molecule has 1 heterocycles. The van der Waals surface area contributed by atoms with Crippen molar-refractivity contribution in [2.45, 2.75) is 19.3 Å². The molecule has 22 heavy (non-hydrogen) atoms. The monoisotopic (exact) mass is 378 g/mol. The van der Waals surface area contributed by atoms with E-state index in [1.165, 1.54) is 16.9 Å². The summed E-state index contributed by atoms with van der Waals surface area (Å²) >= 11 is 4.97. The summed E-state index contributed by atoms with van der Waals surface area (Å²) in [4.78, 5) is 14.2. The number of nitrogens with zero attached hydrogens (tertiary/aromatic N) is 1. The fourth-order valence-electron chi connectivity index (χ4n) is 2.46. The van der Waals surface area contributed by atoms with Crippen molar-refractivity contribution in [3.8, 4) is 5.75 Å². The van der Waals surface area contributed by atoms with Crippen LogP contribution < -0.4 is 10.2 Å². The number of hydrazone groups is 1. The Bertz CT molecular complexity index is 718. The van der Waals surface area contributed by atoms with E-state index in [9.17, 15) is 4.79 Å². The Morgan fingerprint density at radius 2 is 2.27 bits per heavy atom. The highest BCUT2D eigenvalue weighted by atomic mass is 79.9. The number of carbonyl (C=O) groups excluding carboxylic acids is 1. The number of ether oxygens (including phenoxy) is 1. The molecule has 0 unspecified atom stereocenters. The van der Waals surface area contributed by atoms with Gasteiger partial charge in [-0.1, -0.05) is 15.9 Å². The van der Waals surface area contributed by atoms with E-state index >= 15 is 0 Å². The van der Waals surface area contributed by atoms with Gasteiger partial charge in [0.15, 0.2) is 0 Å². The molecule has 0 saturated carbocycles. The molecular formula is C16H15BrN2O2S. The van der Waals surface area contributed by atoms with Crippen LogP contribution in [0.1, 0.15) is 32.1 Å². The lowest BCUT2D eigenvalue weighted by Crippen LogP contribution is -2.16.